The number of aryl methyl sites for hydroxylation is 1. The summed E-state index contributed by atoms with van der Waals surface area (Å²) >= 11 is 0. The van der Waals surface area contributed by atoms with Crippen molar-refractivity contribution in [2.24, 2.45) is 7.05 Å². The second kappa shape index (κ2) is 5.14. The van der Waals surface area contributed by atoms with Gasteiger partial charge in [-0.2, -0.15) is 0 Å². The van der Waals surface area contributed by atoms with Crippen molar-refractivity contribution in [2.75, 3.05) is 17.2 Å². The van der Waals surface area contributed by atoms with Crippen molar-refractivity contribution < 1.29 is 9.18 Å². The number of nitrogens with zero attached hydrogens (tertiary/aromatic N) is 2. The van der Waals surface area contributed by atoms with Crippen LogP contribution in [0.25, 0.3) is 0 Å². The molecule has 0 spiro atoms. The number of nitrogens with two attached hydrogens (primary N) is 1. The van der Waals surface area contributed by atoms with E-state index in [2.05, 4.69) is 0 Å². The van der Waals surface area contributed by atoms with Crippen molar-refractivity contribution in [1.29, 1.82) is 0 Å². The molecule has 0 aliphatic heterocycles. The fourth-order valence-corrected chi connectivity index (χ4v) is 2.03. The number of hydrogen-bond acceptors (Lipinski definition) is 2. The summed E-state index contributed by atoms with van der Waals surface area (Å²) in [5, 5.41) is 0. The maximum Gasteiger partial charge on any atom is 0.274 e. The van der Waals surface area contributed by atoms with Gasteiger partial charge >= 0.3 is 0 Å². The molecule has 2 N–H and O–H groups in total. The van der Waals surface area contributed by atoms with Gasteiger partial charge in [0.15, 0.2) is 0 Å². The second-order valence-corrected chi connectivity index (χ2v) is 4.30. The van der Waals surface area contributed by atoms with Gasteiger partial charge in [-0.3, -0.25) is 4.79 Å². The van der Waals surface area contributed by atoms with Crippen molar-refractivity contribution in [3.8, 4) is 0 Å². The lowest BCUT2D eigenvalue weighted by Gasteiger charge is -2.21. The SMILES string of the molecule is CCN(C(=O)c1cc(N)cn1C)c1cccc(F)c1. The first kappa shape index (κ1) is 13.1. The molecule has 1 amide bonds. The predicted octanol–water partition coefficient (Wildman–Crippen LogP) is 2.41. The largest absolute Gasteiger partial charge is 0.397 e. The first-order valence-electron chi connectivity index (χ1n) is 6.02. The molecule has 0 radical (unpaired) electrons. The number of nitrogen functional groups attached to an aromatic ring is 1. The molecule has 5 heteroatoms. The predicted molar refractivity (Wildman–Crippen MR) is 73.6 cm³/mol. The van der Waals surface area contributed by atoms with Crippen molar-refractivity contribution in [3.63, 3.8) is 0 Å². The molecule has 1 aromatic carbocycles. The van der Waals surface area contributed by atoms with Gasteiger partial charge in [-0.15, -0.1) is 0 Å². The summed E-state index contributed by atoms with van der Waals surface area (Å²) in [5.41, 5.74) is 7.21. The van der Waals surface area contributed by atoms with Crippen LogP contribution in [0.4, 0.5) is 15.8 Å². The van der Waals surface area contributed by atoms with Crippen molar-refractivity contribution in [2.45, 2.75) is 6.92 Å². The van der Waals surface area contributed by atoms with Gasteiger partial charge in [0.2, 0.25) is 0 Å². The Morgan fingerprint density at radius 1 is 1.42 bits per heavy atom. The molecular weight excluding hydrogens is 245 g/mol. The fraction of sp³-hybridized carbons (Fsp3) is 0.214. The van der Waals surface area contributed by atoms with Crippen LogP contribution < -0.4 is 10.6 Å². The lowest BCUT2D eigenvalue weighted by Crippen LogP contribution is -2.32. The third-order valence-corrected chi connectivity index (χ3v) is 2.93. The van der Waals surface area contributed by atoms with E-state index in [9.17, 15) is 9.18 Å². The number of hydrogen-bond donors (Lipinski definition) is 1. The van der Waals surface area contributed by atoms with Crippen LogP contribution in [0.5, 0.6) is 0 Å². The van der Waals surface area contributed by atoms with E-state index in [0.717, 1.165) is 0 Å². The van der Waals surface area contributed by atoms with Crippen molar-refractivity contribution in [1.82, 2.24) is 4.57 Å². The minimum absolute atomic E-state index is 0.202. The number of amides is 1. The van der Waals surface area contributed by atoms with Gasteiger partial charge in [-0.05, 0) is 31.2 Å². The zero-order chi connectivity index (χ0) is 14.0. The average Bonchev–Trinajstić information content (AvgIpc) is 2.69. The van der Waals surface area contributed by atoms with Gasteiger partial charge in [0.05, 0.1) is 5.69 Å². The normalized spacial score (nSPS) is 10.5. The molecule has 100 valence electrons. The number of anilines is 2. The molecule has 0 saturated heterocycles. The standard InChI is InChI=1S/C14H16FN3O/c1-3-18(12-6-4-5-10(15)7-12)14(19)13-8-11(16)9-17(13)2/h4-9H,3,16H2,1-2H3. The maximum absolute atomic E-state index is 13.2. The minimum Gasteiger partial charge on any atom is -0.397 e. The van der Waals surface area contributed by atoms with E-state index in [1.54, 1.807) is 36.0 Å². The quantitative estimate of drug-likeness (QED) is 0.922. The van der Waals surface area contributed by atoms with Crippen molar-refractivity contribution >= 4 is 17.3 Å². The first-order chi connectivity index (χ1) is 9.02. The van der Waals surface area contributed by atoms with Crippen LogP contribution in [0.15, 0.2) is 36.5 Å². The average molecular weight is 261 g/mol. The molecule has 0 bridgehead atoms. The monoisotopic (exact) mass is 261 g/mol. The van der Waals surface area contributed by atoms with Gasteiger partial charge < -0.3 is 15.2 Å². The van der Waals surface area contributed by atoms with Gasteiger partial charge in [0.1, 0.15) is 11.5 Å². The van der Waals surface area contributed by atoms with Crippen LogP contribution >= 0.6 is 0 Å². The summed E-state index contributed by atoms with van der Waals surface area (Å²) in [6.07, 6.45) is 1.67. The summed E-state index contributed by atoms with van der Waals surface area (Å²) in [6.45, 7) is 2.29. The molecule has 4 nitrogen and oxygen atoms in total. The first-order valence-corrected chi connectivity index (χ1v) is 6.02. The Hall–Kier alpha value is -2.30. The Bertz CT molecular complexity index is 606. The van der Waals surface area contributed by atoms with Crippen LogP contribution in [-0.2, 0) is 7.05 Å². The van der Waals surface area contributed by atoms with E-state index < -0.39 is 0 Å². The molecule has 19 heavy (non-hydrogen) atoms. The maximum atomic E-state index is 13.2. The van der Waals surface area contributed by atoms with Crippen LogP contribution in [-0.4, -0.2) is 17.0 Å². The highest BCUT2D eigenvalue weighted by Gasteiger charge is 2.19. The highest BCUT2D eigenvalue weighted by atomic mass is 19.1. The smallest absolute Gasteiger partial charge is 0.274 e. The number of rotatable bonds is 3. The molecule has 0 unspecified atom stereocenters. The molecule has 2 aromatic rings. The molecule has 0 saturated carbocycles. The van der Waals surface area contributed by atoms with E-state index in [-0.39, 0.29) is 11.7 Å². The number of halogens is 1. The van der Waals surface area contributed by atoms with Crippen LogP contribution in [0.3, 0.4) is 0 Å². The topological polar surface area (TPSA) is 51.3 Å². The highest BCUT2D eigenvalue weighted by Crippen LogP contribution is 2.19. The van der Waals surface area contributed by atoms with E-state index in [1.807, 2.05) is 6.92 Å². The molecule has 0 aliphatic rings. The molecule has 0 aliphatic carbocycles. The number of aromatic nitrogens is 1. The zero-order valence-corrected chi connectivity index (χ0v) is 10.9. The Morgan fingerprint density at radius 2 is 2.16 bits per heavy atom. The minimum atomic E-state index is -0.366. The van der Waals surface area contributed by atoms with E-state index in [1.165, 1.54) is 17.0 Å². The van der Waals surface area contributed by atoms with E-state index in [4.69, 9.17) is 5.73 Å². The van der Waals surface area contributed by atoms with Gasteiger partial charge in [0.25, 0.3) is 5.91 Å². The molecule has 1 heterocycles. The summed E-state index contributed by atoms with van der Waals surface area (Å²) < 4.78 is 14.9. The van der Waals surface area contributed by atoms with E-state index >= 15 is 0 Å². The Morgan fingerprint density at radius 3 is 2.68 bits per heavy atom. The third-order valence-electron chi connectivity index (χ3n) is 2.93. The zero-order valence-electron chi connectivity index (χ0n) is 10.9. The van der Waals surface area contributed by atoms with Crippen molar-refractivity contribution in [3.05, 3.63) is 48.0 Å². The van der Waals surface area contributed by atoms with Crippen LogP contribution in [0.1, 0.15) is 17.4 Å². The van der Waals surface area contributed by atoms with Gasteiger partial charge in [-0.25, -0.2) is 4.39 Å². The Kier molecular flexibility index (Phi) is 3.55. The molecule has 0 fully saturated rings. The van der Waals surface area contributed by atoms with Crippen LogP contribution in [0.2, 0.25) is 0 Å². The van der Waals surface area contributed by atoms with Gasteiger partial charge in [0, 0.05) is 25.5 Å². The Labute approximate surface area is 111 Å². The summed E-state index contributed by atoms with van der Waals surface area (Å²) in [7, 11) is 1.75. The molecule has 2 rings (SSSR count). The molecule has 1 aromatic heterocycles. The number of carbonyl (C=O) groups excluding carboxylic acids is 1. The summed E-state index contributed by atoms with van der Waals surface area (Å²) in [4.78, 5) is 14.0. The second-order valence-electron chi connectivity index (χ2n) is 4.30. The van der Waals surface area contributed by atoms with Gasteiger partial charge in [-0.1, -0.05) is 6.07 Å². The lowest BCUT2D eigenvalue weighted by molar-refractivity contribution is 0.0980. The molecule has 0 atom stereocenters. The third kappa shape index (κ3) is 2.59. The fourth-order valence-electron chi connectivity index (χ4n) is 2.03. The summed E-state index contributed by atoms with van der Waals surface area (Å²) in [5.74, 6) is -0.567. The number of benzene rings is 1. The number of carbonyl (C=O) groups is 1. The highest BCUT2D eigenvalue weighted by molar-refractivity contribution is 6.05. The molecular formula is C14H16FN3O. The Balaban J connectivity index is 2.37. The summed E-state index contributed by atoms with van der Waals surface area (Å²) in [6, 6.07) is 7.59. The van der Waals surface area contributed by atoms with Crippen LogP contribution in [0, 0.1) is 5.82 Å². The lowest BCUT2D eigenvalue weighted by atomic mass is 10.2. The van der Waals surface area contributed by atoms with E-state index in [0.29, 0.717) is 23.6 Å².